The minimum Gasteiger partial charge on any atom is -0.314 e. The number of thiazole rings is 1. The van der Waals surface area contributed by atoms with E-state index in [0.29, 0.717) is 6.04 Å². The number of rotatable bonds is 5. The van der Waals surface area contributed by atoms with Crippen molar-refractivity contribution in [2.45, 2.75) is 32.4 Å². The Morgan fingerprint density at radius 2 is 2.22 bits per heavy atom. The number of hydrogen-bond acceptors (Lipinski definition) is 5. The van der Waals surface area contributed by atoms with E-state index in [-0.39, 0.29) is 5.54 Å². The molecule has 0 saturated carbocycles. The third-order valence-electron chi connectivity index (χ3n) is 3.64. The number of aromatic nitrogens is 1. The van der Waals surface area contributed by atoms with Gasteiger partial charge in [-0.05, 0) is 20.8 Å². The smallest absolute Gasteiger partial charge is 0.109 e. The summed E-state index contributed by atoms with van der Waals surface area (Å²) in [4.78, 5) is 6.92. The molecule has 0 spiro atoms. The van der Waals surface area contributed by atoms with E-state index in [0.717, 1.165) is 32.7 Å². The van der Waals surface area contributed by atoms with E-state index in [2.05, 4.69) is 41.3 Å². The highest BCUT2D eigenvalue weighted by atomic mass is 32.1. The monoisotopic (exact) mass is 268 g/mol. The van der Waals surface area contributed by atoms with Crippen LogP contribution in [-0.4, -0.2) is 48.1 Å². The van der Waals surface area contributed by atoms with Crippen LogP contribution in [0.4, 0.5) is 0 Å². The van der Waals surface area contributed by atoms with Crippen LogP contribution in [0.15, 0.2) is 11.6 Å². The van der Waals surface area contributed by atoms with Gasteiger partial charge in [0.2, 0.25) is 0 Å². The third kappa shape index (κ3) is 3.51. The molecule has 2 N–H and O–H groups in total. The molecule has 1 aliphatic heterocycles. The molecular weight excluding hydrogens is 244 g/mol. The first-order valence-electron chi connectivity index (χ1n) is 6.68. The summed E-state index contributed by atoms with van der Waals surface area (Å²) in [7, 11) is 0. The van der Waals surface area contributed by atoms with Gasteiger partial charge in [0.25, 0.3) is 0 Å². The molecule has 2 rings (SSSR count). The molecule has 0 amide bonds. The van der Waals surface area contributed by atoms with Crippen LogP contribution in [0.5, 0.6) is 0 Å². The second kappa shape index (κ2) is 6.10. The second-order valence-electron chi connectivity index (χ2n) is 5.52. The summed E-state index contributed by atoms with van der Waals surface area (Å²) in [5, 5.41) is 10.2. The first kappa shape index (κ1) is 13.9. The van der Waals surface area contributed by atoms with Gasteiger partial charge in [0.15, 0.2) is 0 Å². The molecule has 0 aromatic carbocycles. The maximum atomic E-state index is 4.36. The molecule has 0 bridgehead atoms. The maximum absolute atomic E-state index is 4.36. The molecule has 5 heteroatoms. The highest BCUT2D eigenvalue weighted by molar-refractivity contribution is 7.09. The molecular formula is C13H24N4S. The van der Waals surface area contributed by atoms with Crippen molar-refractivity contribution in [2.75, 3.05) is 32.7 Å². The van der Waals surface area contributed by atoms with Crippen LogP contribution in [-0.2, 0) is 0 Å². The highest BCUT2D eigenvalue weighted by Crippen LogP contribution is 2.18. The summed E-state index contributed by atoms with van der Waals surface area (Å²) in [6.07, 6.45) is 1.87. The zero-order chi connectivity index (χ0) is 13.0. The first-order valence-corrected chi connectivity index (χ1v) is 7.56. The average Bonchev–Trinajstić information content (AvgIpc) is 2.91. The lowest BCUT2D eigenvalue weighted by Gasteiger charge is -2.41. The minimum absolute atomic E-state index is 0.202. The Balaban J connectivity index is 1.84. The first-order chi connectivity index (χ1) is 8.59. The molecule has 1 atom stereocenters. The number of piperazine rings is 1. The van der Waals surface area contributed by atoms with Crippen molar-refractivity contribution < 1.29 is 0 Å². The molecule has 2 heterocycles. The summed E-state index contributed by atoms with van der Waals surface area (Å²) in [6, 6.07) is 0.340. The van der Waals surface area contributed by atoms with Gasteiger partial charge in [0.05, 0.1) is 6.04 Å². The Hall–Kier alpha value is -0.490. The van der Waals surface area contributed by atoms with E-state index < -0.39 is 0 Å². The van der Waals surface area contributed by atoms with E-state index in [1.54, 1.807) is 11.3 Å². The van der Waals surface area contributed by atoms with Crippen molar-refractivity contribution >= 4 is 11.3 Å². The Kier molecular flexibility index (Phi) is 4.72. The van der Waals surface area contributed by atoms with Crippen LogP contribution in [0.2, 0.25) is 0 Å². The zero-order valence-electron chi connectivity index (χ0n) is 11.6. The largest absolute Gasteiger partial charge is 0.314 e. The molecule has 0 radical (unpaired) electrons. The molecule has 1 aliphatic rings. The van der Waals surface area contributed by atoms with Crippen LogP contribution in [0.25, 0.3) is 0 Å². The van der Waals surface area contributed by atoms with E-state index in [9.17, 15) is 0 Å². The van der Waals surface area contributed by atoms with Gasteiger partial charge in [0, 0.05) is 49.8 Å². The van der Waals surface area contributed by atoms with E-state index in [1.165, 1.54) is 5.01 Å². The summed E-state index contributed by atoms with van der Waals surface area (Å²) >= 11 is 1.72. The fourth-order valence-electron chi connectivity index (χ4n) is 2.32. The molecule has 4 nitrogen and oxygen atoms in total. The lowest BCUT2D eigenvalue weighted by Crippen LogP contribution is -2.57. The molecule has 1 fully saturated rings. The van der Waals surface area contributed by atoms with Crippen molar-refractivity contribution in [1.29, 1.82) is 0 Å². The van der Waals surface area contributed by atoms with Crippen LogP contribution < -0.4 is 10.6 Å². The summed E-state index contributed by atoms with van der Waals surface area (Å²) in [5.41, 5.74) is 0.202. The predicted octanol–water partition coefficient (Wildman–Crippen LogP) is 1.48. The standard InChI is InChI=1S/C13H24N4S/c1-11(12-15-6-9-18-12)16-10-13(2,3)17-7-4-14-5-8-17/h6,9,11,14,16H,4-5,7-8,10H2,1-3H3. The van der Waals surface area contributed by atoms with Gasteiger partial charge in [-0.3, -0.25) is 4.90 Å². The third-order valence-corrected chi connectivity index (χ3v) is 4.59. The van der Waals surface area contributed by atoms with Gasteiger partial charge in [-0.25, -0.2) is 4.98 Å². The molecule has 0 aliphatic carbocycles. The molecule has 1 aromatic heterocycles. The number of hydrogen-bond donors (Lipinski definition) is 2. The Morgan fingerprint density at radius 3 is 2.83 bits per heavy atom. The average molecular weight is 268 g/mol. The van der Waals surface area contributed by atoms with Crippen LogP contribution in [0.1, 0.15) is 31.8 Å². The van der Waals surface area contributed by atoms with Gasteiger partial charge < -0.3 is 10.6 Å². The van der Waals surface area contributed by atoms with Gasteiger partial charge in [0.1, 0.15) is 5.01 Å². The molecule has 102 valence electrons. The molecule has 18 heavy (non-hydrogen) atoms. The second-order valence-corrected chi connectivity index (χ2v) is 6.45. The van der Waals surface area contributed by atoms with Crippen LogP contribution in [0, 0.1) is 0 Å². The predicted molar refractivity (Wildman–Crippen MR) is 77.1 cm³/mol. The van der Waals surface area contributed by atoms with Crippen molar-refractivity contribution in [3.05, 3.63) is 16.6 Å². The van der Waals surface area contributed by atoms with Crippen LogP contribution in [0.3, 0.4) is 0 Å². The number of nitrogens with zero attached hydrogens (tertiary/aromatic N) is 2. The molecule has 1 saturated heterocycles. The van der Waals surface area contributed by atoms with Gasteiger partial charge in [-0.15, -0.1) is 11.3 Å². The van der Waals surface area contributed by atoms with Crippen LogP contribution >= 0.6 is 11.3 Å². The van der Waals surface area contributed by atoms with Crippen molar-refractivity contribution in [3.8, 4) is 0 Å². The van der Waals surface area contributed by atoms with Crippen molar-refractivity contribution in [1.82, 2.24) is 20.5 Å². The highest BCUT2D eigenvalue weighted by Gasteiger charge is 2.28. The topological polar surface area (TPSA) is 40.2 Å². The summed E-state index contributed by atoms with van der Waals surface area (Å²) < 4.78 is 0. The zero-order valence-corrected chi connectivity index (χ0v) is 12.4. The van der Waals surface area contributed by atoms with Crippen molar-refractivity contribution in [3.63, 3.8) is 0 Å². The van der Waals surface area contributed by atoms with E-state index in [1.807, 2.05) is 11.6 Å². The Bertz CT molecular complexity index is 344. The lowest BCUT2D eigenvalue weighted by molar-refractivity contribution is 0.0999. The summed E-state index contributed by atoms with van der Waals surface area (Å²) in [6.45, 7) is 12.3. The van der Waals surface area contributed by atoms with E-state index >= 15 is 0 Å². The fraction of sp³-hybridized carbons (Fsp3) is 0.769. The number of nitrogens with one attached hydrogen (secondary N) is 2. The maximum Gasteiger partial charge on any atom is 0.109 e. The molecule has 1 unspecified atom stereocenters. The fourth-order valence-corrected chi connectivity index (χ4v) is 2.99. The Labute approximate surface area is 114 Å². The van der Waals surface area contributed by atoms with Gasteiger partial charge in [-0.1, -0.05) is 0 Å². The molecule has 1 aromatic rings. The Morgan fingerprint density at radius 1 is 1.50 bits per heavy atom. The normalized spacial score (nSPS) is 19.9. The van der Waals surface area contributed by atoms with Crippen molar-refractivity contribution in [2.24, 2.45) is 0 Å². The summed E-state index contributed by atoms with van der Waals surface area (Å²) in [5.74, 6) is 0. The van der Waals surface area contributed by atoms with Gasteiger partial charge in [-0.2, -0.15) is 0 Å². The van der Waals surface area contributed by atoms with E-state index in [4.69, 9.17) is 0 Å². The SMILES string of the molecule is CC(NCC(C)(C)N1CCNCC1)c1nccs1. The lowest BCUT2D eigenvalue weighted by atomic mass is 10.0. The minimum atomic E-state index is 0.202. The quantitative estimate of drug-likeness (QED) is 0.848. The van der Waals surface area contributed by atoms with Gasteiger partial charge >= 0.3 is 0 Å².